The average molecular weight is 867 g/mol. The van der Waals surface area contributed by atoms with Crippen molar-refractivity contribution < 1.29 is 42.1 Å². The Morgan fingerprint density at radius 1 is 0.517 bits per heavy atom. The number of nitrogens with zero attached hydrogens (tertiary/aromatic N) is 1. The van der Waals surface area contributed by atoms with Gasteiger partial charge in [0.1, 0.15) is 19.8 Å². The van der Waals surface area contributed by atoms with Crippen LogP contribution in [0.5, 0.6) is 0 Å². The summed E-state index contributed by atoms with van der Waals surface area (Å²) in [6.07, 6.45) is 50.3. The molecule has 0 fully saturated rings. The van der Waals surface area contributed by atoms with Crippen molar-refractivity contribution in [1.82, 2.24) is 0 Å². The third kappa shape index (κ3) is 45.5. The quantitative estimate of drug-likeness (QED) is 0.0212. The molecule has 0 aliphatic heterocycles. The van der Waals surface area contributed by atoms with Gasteiger partial charge in [-0.1, -0.05) is 191 Å². The molecule has 10 heteroatoms. The smallest absolute Gasteiger partial charge is 0.462 e. The second-order valence-corrected chi connectivity index (χ2v) is 19.0. The van der Waals surface area contributed by atoms with Gasteiger partial charge in [0.2, 0.25) is 0 Å². The van der Waals surface area contributed by atoms with Crippen LogP contribution in [0.4, 0.5) is 0 Å². The fourth-order valence-electron chi connectivity index (χ4n) is 6.54. The van der Waals surface area contributed by atoms with Crippen molar-refractivity contribution in [2.75, 3.05) is 47.5 Å². The molecule has 0 aromatic rings. The highest BCUT2D eigenvalue weighted by atomic mass is 31.2. The maximum Gasteiger partial charge on any atom is 0.472 e. The molecule has 9 nitrogen and oxygen atoms in total. The molecule has 0 aliphatic rings. The Balaban J connectivity index is 4.35. The van der Waals surface area contributed by atoms with Gasteiger partial charge in [0.05, 0.1) is 27.7 Å². The number of carbonyl (C=O) groups is 2. The normalized spacial score (nSPS) is 13.9. The molecule has 0 aromatic heterocycles. The number of carbonyl (C=O) groups excluding carboxylic acids is 2. The second-order valence-electron chi connectivity index (χ2n) is 17.5. The highest BCUT2D eigenvalue weighted by Gasteiger charge is 2.27. The molecule has 0 spiro atoms. The predicted octanol–water partition coefficient (Wildman–Crippen LogP) is 14.2. The second kappa shape index (κ2) is 42.3. The lowest BCUT2D eigenvalue weighted by atomic mass is 10.0. The monoisotopic (exact) mass is 867 g/mol. The Morgan fingerprint density at radius 2 is 0.917 bits per heavy atom. The summed E-state index contributed by atoms with van der Waals surface area (Å²) in [6.45, 7) is 4.35. The van der Waals surface area contributed by atoms with Crippen LogP contribution in [0.1, 0.15) is 206 Å². The van der Waals surface area contributed by atoms with E-state index in [1.807, 2.05) is 21.1 Å². The van der Waals surface area contributed by atoms with Crippen LogP contribution in [0.2, 0.25) is 0 Å². The molecule has 0 amide bonds. The van der Waals surface area contributed by atoms with Crippen molar-refractivity contribution in [1.29, 1.82) is 0 Å². The Hall–Kier alpha value is -2.03. The van der Waals surface area contributed by atoms with Gasteiger partial charge in [-0.25, -0.2) is 4.57 Å². The van der Waals surface area contributed by atoms with Gasteiger partial charge in [-0.2, -0.15) is 0 Å². The number of phosphoric ester groups is 1. The molecule has 0 saturated carbocycles. The number of quaternary nitrogens is 1. The standard InChI is InChI=1S/C50H92NO8P/c1-6-8-10-12-14-16-18-20-22-24-25-27-28-30-32-34-36-38-40-42-49(52)56-46-48(47-58-60(54,55)57-45-44-51(3,4)5)59-50(53)43-41-39-37-35-33-31-29-26-23-21-19-17-15-13-11-9-7-2/h15,17,21,23,29,31,35,37,48H,6-14,16,18-20,22,24-28,30,32-34,36,38-47H2,1-5H3/p+1/b17-15-,23-21-,31-29-,37-35-/t48-/m1/s1. The summed E-state index contributed by atoms with van der Waals surface area (Å²) in [4.78, 5) is 35.4. The number of phosphoric acid groups is 1. The number of esters is 2. The molecular weight excluding hydrogens is 774 g/mol. The van der Waals surface area contributed by atoms with Crippen LogP contribution in [0.3, 0.4) is 0 Å². The molecule has 0 rings (SSSR count). The van der Waals surface area contributed by atoms with E-state index in [0.29, 0.717) is 17.4 Å². The van der Waals surface area contributed by atoms with Crippen molar-refractivity contribution in [3.05, 3.63) is 48.6 Å². The summed E-state index contributed by atoms with van der Waals surface area (Å²) in [6, 6.07) is 0. The molecule has 0 heterocycles. The van der Waals surface area contributed by atoms with Crippen LogP contribution in [-0.4, -0.2) is 74.9 Å². The van der Waals surface area contributed by atoms with Gasteiger partial charge in [-0.15, -0.1) is 0 Å². The Bertz CT molecular complexity index is 1160. The maximum absolute atomic E-state index is 12.7. The molecule has 0 saturated heterocycles. The van der Waals surface area contributed by atoms with Gasteiger partial charge in [0, 0.05) is 12.8 Å². The summed E-state index contributed by atoms with van der Waals surface area (Å²) in [5.74, 6) is -0.858. The summed E-state index contributed by atoms with van der Waals surface area (Å²) < 4.78 is 34.3. The van der Waals surface area contributed by atoms with E-state index in [9.17, 15) is 19.0 Å². The van der Waals surface area contributed by atoms with Crippen LogP contribution < -0.4 is 0 Å². The lowest BCUT2D eigenvalue weighted by Crippen LogP contribution is -2.37. The topological polar surface area (TPSA) is 108 Å². The van der Waals surface area contributed by atoms with Crippen molar-refractivity contribution in [2.45, 2.75) is 213 Å². The first kappa shape index (κ1) is 58.0. The number of ether oxygens (including phenoxy) is 2. The van der Waals surface area contributed by atoms with Crippen LogP contribution >= 0.6 is 7.82 Å². The molecule has 2 atom stereocenters. The molecule has 0 radical (unpaired) electrons. The van der Waals surface area contributed by atoms with Crippen LogP contribution in [0.25, 0.3) is 0 Å². The van der Waals surface area contributed by atoms with Crippen LogP contribution in [-0.2, 0) is 32.7 Å². The summed E-state index contributed by atoms with van der Waals surface area (Å²) >= 11 is 0. The number of unbranched alkanes of at least 4 members (excludes halogenated alkanes) is 22. The van der Waals surface area contributed by atoms with E-state index in [4.69, 9.17) is 18.5 Å². The van der Waals surface area contributed by atoms with Gasteiger partial charge < -0.3 is 18.9 Å². The molecule has 1 unspecified atom stereocenters. The Kier molecular flexibility index (Phi) is 40.8. The van der Waals surface area contributed by atoms with Crippen molar-refractivity contribution in [2.24, 2.45) is 0 Å². The van der Waals surface area contributed by atoms with Crippen molar-refractivity contribution in [3.63, 3.8) is 0 Å². The highest BCUT2D eigenvalue weighted by molar-refractivity contribution is 7.47. The summed E-state index contributed by atoms with van der Waals surface area (Å²) in [5, 5.41) is 0. The molecule has 0 bridgehead atoms. The first-order valence-corrected chi connectivity index (χ1v) is 25.9. The van der Waals surface area contributed by atoms with Crippen LogP contribution in [0.15, 0.2) is 48.6 Å². The van der Waals surface area contributed by atoms with Crippen LogP contribution in [0, 0.1) is 0 Å². The van der Waals surface area contributed by atoms with Gasteiger partial charge in [0.25, 0.3) is 0 Å². The number of allylic oxidation sites excluding steroid dienone is 8. The SMILES string of the molecule is CCCCC/C=C\C/C=C\C/C=C\C/C=C\CCCC(=O)O[C@H](COC(=O)CCCCCCCCCCCCCCCCCCCCC)COP(=O)(O)OCC[N+](C)(C)C. The lowest BCUT2D eigenvalue weighted by molar-refractivity contribution is -0.870. The van der Waals surface area contributed by atoms with Crippen molar-refractivity contribution >= 4 is 19.8 Å². The minimum absolute atomic E-state index is 0.0215. The van der Waals surface area contributed by atoms with Gasteiger partial charge in [-0.05, 0) is 51.4 Å². The fourth-order valence-corrected chi connectivity index (χ4v) is 7.28. The molecule has 0 aromatic carbocycles. The van der Waals surface area contributed by atoms with Crippen molar-refractivity contribution in [3.8, 4) is 0 Å². The zero-order chi connectivity index (χ0) is 44.3. The fraction of sp³-hybridized carbons (Fsp3) is 0.800. The zero-order valence-corrected chi connectivity index (χ0v) is 40.3. The highest BCUT2D eigenvalue weighted by Crippen LogP contribution is 2.43. The van der Waals surface area contributed by atoms with Gasteiger partial charge in [0.15, 0.2) is 6.10 Å². The number of likely N-dealkylation sites (N-methyl/N-ethyl adjacent to an activating group) is 1. The minimum atomic E-state index is -4.39. The van der Waals surface area contributed by atoms with Gasteiger partial charge >= 0.3 is 19.8 Å². The summed E-state index contributed by atoms with van der Waals surface area (Å²) in [5.41, 5.74) is 0. The lowest BCUT2D eigenvalue weighted by Gasteiger charge is -2.24. The average Bonchev–Trinajstić information content (AvgIpc) is 3.20. The zero-order valence-electron chi connectivity index (χ0n) is 39.4. The van der Waals surface area contributed by atoms with E-state index >= 15 is 0 Å². The predicted molar refractivity (Wildman–Crippen MR) is 252 cm³/mol. The number of hydrogen-bond acceptors (Lipinski definition) is 7. The first-order chi connectivity index (χ1) is 29.0. The Labute approximate surface area is 369 Å². The Morgan fingerprint density at radius 3 is 1.38 bits per heavy atom. The third-order valence-electron chi connectivity index (χ3n) is 10.4. The number of hydrogen-bond donors (Lipinski definition) is 1. The maximum atomic E-state index is 12.7. The van der Waals surface area contributed by atoms with E-state index in [1.54, 1.807) is 0 Å². The molecule has 350 valence electrons. The minimum Gasteiger partial charge on any atom is -0.462 e. The molecule has 60 heavy (non-hydrogen) atoms. The van der Waals surface area contributed by atoms with E-state index in [2.05, 4.69) is 62.5 Å². The van der Waals surface area contributed by atoms with E-state index in [-0.39, 0.29) is 32.0 Å². The van der Waals surface area contributed by atoms with E-state index in [0.717, 1.165) is 44.9 Å². The first-order valence-electron chi connectivity index (χ1n) is 24.4. The van der Waals surface area contributed by atoms with E-state index in [1.165, 1.54) is 128 Å². The molecular formula is C50H93NO8P+. The molecule has 0 aliphatic carbocycles. The molecule has 1 N–H and O–H groups in total. The van der Waals surface area contributed by atoms with Gasteiger partial charge in [-0.3, -0.25) is 18.6 Å². The summed E-state index contributed by atoms with van der Waals surface area (Å²) in [7, 11) is 1.44. The largest absolute Gasteiger partial charge is 0.472 e. The van der Waals surface area contributed by atoms with E-state index < -0.39 is 26.5 Å². The third-order valence-corrected chi connectivity index (χ3v) is 11.3. The number of rotatable bonds is 44.